The first kappa shape index (κ1) is 25.3. The number of nitrogens with zero attached hydrogens (tertiary/aromatic N) is 3. The fourth-order valence-electron chi connectivity index (χ4n) is 4.22. The summed E-state index contributed by atoms with van der Waals surface area (Å²) < 4.78 is 7.41. The Bertz CT molecular complexity index is 1630. The van der Waals surface area contributed by atoms with E-state index in [0.717, 1.165) is 27.4 Å². The number of non-ortho nitro benzene ring substituents is 1. The molecule has 37 heavy (non-hydrogen) atoms. The second-order valence-electron chi connectivity index (χ2n) is 8.60. The first-order chi connectivity index (χ1) is 17.6. The number of aryl methyl sites for hydroxylation is 2. The molecule has 4 rings (SSSR count). The molecule has 0 saturated carbocycles. The predicted octanol–water partition coefficient (Wildman–Crippen LogP) is 5.83. The van der Waals surface area contributed by atoms with Gasteiger partial charge in [-0.25, -0.2) is 9.59 Å². The van der Waals surface area contributed by atoms with Crippen LogP contribution in [0, 0.1) is 17.0 Å². The van der Waals surface area contributed by atoms with Crippen LogP contribution in [0.25, 0.3) is 21.8 Å². The van der Waals surface area contributed by atoms with Crippen LogP contribution in [-0.4, -0.2) is 27.1 Å². The van der Waals surface area contributed by atoms with Gasteiger partial charge in [-0.15, -0.1) is 0 Å². The number of nitro groups is 1. The maximum Gasteiger partial charge on any atom is 0.338 e. The lowest BCUT2D eigenvalue weighted by Gasteiger charge is -2.12. The van der Waals surface area contributed by atoms with E-state index >= 15 is 0 Å². The number of aromatic nitrogens is 1. The summed E-state index contributed by atoms with van der Waals surface area (Å²) in [7, 11) is 0. The maximum atomic E-state index is 11.9. The van der Waals surface area contributed by atoms with Gasteiger partial charge < -0.3 is 14.1 Å². The van der Waals surface area contributed by atoms with Gasteiger partial charge in [-0.1, -0.05) is 17.8 Å². The number of fused-ring (bicyclic) bond motifs is 3. The van der Waals surface area contributed by atoms with E-state index in [2.05, 4.69) is 16.3 Å². The van der Waals surface area contributed by atoms with Crippen LogP contribution >= 0.6 is 0 Å². The Balaban J connectivity index is 1.89. The van der Waals surface area contributed by atoms with E-state index in [-0.39, 0.29) is 11.3 Å². The molecular formula is C28H25N3O6. The third-order valence-corrected chi connectivity index (χ3v) is 5.93. The SMILES string of the molecule is C=C(C)C(=O)Oc1ccc(C(=NOC(C)=O)c2ccc3c(c2)c2cc([N+](=O)[O-])ccc2n3CC)c(C)c1. The van der Waals surface area contributed by atoms with E-state index in [1.54, 1.807) is 37.3 Å². The van der Waals surface area contributed by atoms with Gasteiger partial charge in [-0.3, -0.25) is 10.1 Å². The minimum atomic E-state index is -0.582. The lowest BCUT2D eigenvalue weighted by molar-refractivity contribution is -0.384. The number of esters is 1. The van der Waals surface area contributed by atoms with Crippen LogP contribution in [0.4, 0.5) is 5.69 Å². The summed E-state index contributed by atoms with van der Waals surface area (Å²) in [5, 5.41) is 17.1. The van der Waals surface area contributed by atoms with Gasteiger partial charge in [-0.2, -0.15) is 0 Å². The monoisotopic (exact) mass is 499 g/mol. The highest BCUT2D eigenvalue weighted by Gasteiger charge is 2.18. The average molecular weight is 500 g/mol. The van der Waals surface area contributed by atoms with Crippen molar-refractivity contribution in [3.8, 4) is 5.75 Å². The van der Waals surface area contributed by atoms with Crippen molar-refractivity contribution < 1.29 is 24.1 Å². The summed E-state index contributed by atoms with van der Waals surface area (Å²) >= 11 is 0. The van der Waals surface area contributed by atoms with E-state index in [0.29, 0.717) is 29.1 Å². The highest BCUT2D eigenvalue weighted by Crippen LogP contribution is 2.33. The lowest BCUT2D eigenvalue weighted by Crippen LogP contribution is -2.10. The molecule has 0 amide bonds. The van der Waals surface area contributed by atoms with Crippen LogP contribution in [0.15, 0.2) is 71.9 Å². The summed E-state index contributed by atoms with van der Waals surface area (Å²) in [6.07, 6.45) is 0. The van der Waals surface area contributed by atoms with Crippen molar-refractivity contribution >= 4 is 45.1 Å². The molecule has 0 aliphatic rings. The summed E-state index contributed by atoms with van der Waals surface area (Å²) in [5.74, 6) is -0.774. The van der Waals surface area contributed by atoms with E-state index in [1.807, 2.05) is 32.0 Å². The summed E-state index contributed by atoms with van der Waals surface area (Å²) in [4.78, 5) is 39.6. The Kier molecular flexibility index (Phi) is 6.88. The first-order valence-electron chi connectivity index (χ1n) is 11.6. The highest BCUT2D eigenvalue weighted by atomic mass is 16.7. The van der Waals surface area contributed by atoms with Gasteiger partial charge in [0.1, 0.15) is 11.5 Å². The van der Waals surface area contributed by atoms with Gasteiger partial charge in [0, 0.05) is 64.1 Å². The summed E-state index contributed by atoms with van der Waals surface area (Å²) in [6.45, 7) is 10.9. The smallest absolute Gasteiger partial charge is 0.338 e. The molecule has 0 unspecified atom stereocenters. The Morgan fingerprint density at radius 3 is 2.30 bits per heavy atom. The zero-order chi connectivity index (χ0) is 26.9. The highest BCUT2D eigenvalue weighted by molar-refractivity contribution is 6.17. The molecular weight excluding hydrogens is 474 g/mol. The number of benzene rings is 3. The van der Waals surface area contributed by atoms with Gasteiger partial charge in [-0.05, 0) is 62.7 Å². The second kappa shape index (κ2) is 10.1. The fourth-order valence-corrected chi connectivity index (χ4v) is 4.22. The van der Waals surface area contributed by atoms with Gasteiger partial charge in [0.2, 0.25) is 0 Å². The van der Waals surface area contributed by atoms with Crippen LogP contribution < -0.4 is 4.74 Å². The molecule has 0 aliphatic heterocycles. The molecule has 0 saturated heterocycles. The van der Waals surface area contributed by atoms with Crippen molar-refractivity contribution in [1.82, 2.24) is 4.57 Å². The largest absolute Gasteiger partial charge is 0.423 e. The molecule has 9 nitrogen and oxygen atoms in total. The maximum absolute atomic E-state index is 11.9. The molecule has 0 bridgehead atoms. The van der Waals surface area contributed by atoms with Crippen molar-refractivity contribution in [1.29, 1.82) is 0 Å². The quantitative estimate of drug-likeness (QED) is 0.0601. The number of hydrogen-bond acceptors (Lipinski definition) is 7. The molecule has 188 valence electrons. The van der Waals surface area contributed by atoms with Gasteiger partial charge in [0.25, 0.3) is 5.69 Å². The van der Waals surface area contributed by atoms with E-state index < -0.39 is 16.9 Å². The van der Waals surface area contributed by atoms with Crippen molar-refractivity contribution in [2.75, 3.05) is 0 Å². The third kappa shape index (κ3) is 4.97. The number of carbonyl (C=O) groups excluding carboxylic acids is 2. The van der Waals surface area contributed by atoms with Gasteiger partial charge in [0.15, 0.2) is 0 Å². The van der Waals surface area contributed by atoms with Crippen molar-refractivity contribution in [3.63, 3.8) is 0 Å². The molecule has 3 aromatic carbocycles. The fraction of sp³-hybridized carbons (Fsp3) is 0.179. The Morgan fingerprint density at radius 1 is 1.03 bits per heavy atom. The molecule has 0 atom stereocenters. The van der Waals surface area contributed by atoms with Crippen LogP contribution in [-0.2, 0) is 21.0 Å². The second-order valence-corrected chi connectivity index (χ2v) is 8.60. The van der Waals surface area contributed by atoms with Crippen molar-refractivity contribution in [2.45, 2.75) is 34.2 Å². The van der Waals surface area contributed by atoms with Crippen LogP contribution in [0.1, 0.15) is 37.5 Å². The number of hydrogen-bond donors (Lipinski definition) is 0. The third-order valence-electron chi connectivity index (χ3n) is 5.93. The van der Waals surface area contributed by atoms with Crippen LogP contribution in [0.2, 0.25) is 0 Å². The summed E-state index contributed by atoms with van der Waals surface area (Å²) in [6, 6.07) is 15.5. The minimum absolute atomic E-state index is 0.00222. The molecule has 1 heterocycles. The number of carbonyl (C=O) groups is 2. The van der Waals surface area contributed by atoms with E-state index in [4.69, 9.17) is 9.57 Å². The van der Waals surface area contributed by atoms with Gasteiger partial charge >= 0.3 is 11.9 Å². The number of oxime groups is 1. The number of nitro benzene ring substituents is 1. The summed E-state index contributed by atoms with van der Waals surface area (Å²) in [5.41, 5.74) is 4.47. The van der Waals surface area contributed by atoms with Crippen LogP contribution in [0.5, 0.6) is 5.75 Å². The lowest BCUT2D eigenvalue weighted by atomic mass is 9.96. The molecule has 4 aromatic rings. The zero-order valence-electron chi connectivity index (χ0n) is 20.9. The molecule has 0 N–H and O–H groups in total. The number of rotatable bonds is 7. The molecule has 0 radical (unpaired) electrons. The Hall–Kier alpha value is -4.79. The Labute approximate surface area is 212 Å². The topological polar surface area (TPSA) is 113 Å². The average Bonchev–Trinajstić information content (AvgIpc) is 3.17. The minimum Gasteiger partial charge on any atom is -0.423 e. The number of ether oxygens (including phenoxy) is 1. The molecule has 0 spiro atoms. The van der Waals surface area contributed by atoms with E-state index in [9.17, 15) is 19.7 Å². The standard InChI is InChI=1S/C28H25N3O6/c1-6-30-25-11-7-19(14-23(25)24-15-20(31(34)35)8-12-26(24)30)27(29-37-18(5)32)22-10-9-21(13-17(22)4)36-28(33)16(2)3/h7-15H,2,6H2,1,3-5H3. The Morgan fingerprint density at radius 2 is 1.70 bits per heavy atom. The zero-order valence-corrected chi connectivity index (χ0v) is 20.9. The molecule has 0 fully saturated rings. The van der Waals surface area contributed by atoms with Crippen molar-refractivity contribution in [2.24, 2.45) is 5.16 Å². The molecule has 1 aromatic heterocycles. The molecule has 0 aliphatic carbocycles. The van der Waals surface area contributed by atoms with E-state index in [1.165, 1.54) is 13.0 Å². The van der Waals surface area contributed by atoms with Crippen molar-refractivity contribution in [3.05, 3.63) is 93.6 Å². The first-order valence-corrected chi connectivity index (χ1v) is 11.6. The normalized spacial score (nSPS) is 11.5. The predicted molar refractivity (Wildman–Crippen MR) is 141 cm³/mol. The van der Waals surface area contributed by atoms with Gasteiger partial charge in [0.05, 0.1) is 4.92 Å². The van der Waals surface area contributed by atoms with Crippen LogP contribution in [0.3, 0.4) is 0 Å². The molecule has 9 heteroatoms.